The molecular weight excluding hydrogens is 390 g/mol. The molecular formula is C22H30ClN3O3. The topological polar surface area (TPSA) is 104 Å². The molecule has 0 fully saturated rings. The first-order valence-electron chi connectivity index (χ1n) is 9.61. The van der Waals surface area contributed by atoms with E-state index >= 15 is 0 Å². The number of phenols is 1. The second-order valence-electron chi connectivity index (χ2n) is 6.94. The first-order valence-corrected chi connectivity index (χ1v) is 9.61. The van der Waals surface area contributed by atoms with Gasteiger partial charge in [-0.25, -0.2) is 0 Å². The molecule has 0 spiro atoms. The van der Waals surface area contributed by atoms with E-state index in [4.69, 9.17) is 5.73 Å². The lowest BCUT2D eigenvalue weighted by Gasteiger charge is -2.17. The van der Waals surface area contributed by atoms with Crippen LogP contribution in [0.1, 0.15) is 30.9 Å². The average Bonchev–Trinajstić information content (AvgIpc) is 2.70. The summed E-state index contributed by atoms with van der Waals surface area (Å²) >= 11 is 0. The van der Waals surface area contributed by atoms with E-state index in [0.717, 1.165) is 24.8 Å². The lowest BCUT2D eigenvalue weighted by atomic mass is 10.1. The number of carbonyl (C=O) groups is 2. The molecule has 0 saturated heterocycles. The molecule has 2 aromatic carbocycles. The summed E-state index contributed by atoms with van der Waals surface area (Å²) in [6, 6.07) is 15.4. The fourth-order valence-electron chi connectivity index (χ4n) is 2.83. The zero-order valence-electron chi connectivity index (χ0n) is 16.6. The Hall–Kier alpha value is -2.57. The van der Waals surface area contributed by atoms with Crippen LogP contribution in [0.15, 0.2) is 54.6 Å². The SMILES string of the molecule is C[C@@H](NC(=O)[C@@H](N)Cc1ccc(O)cc1)C(=O)NCCCCc1ccccc1.Cl. The summed E-state index contributed by atoms with van der Waals surface area (Å²) in [5, 5.41) is 14.8. The van der Waals surface area contributed by atoms with E-state index in [1.54, 1.807) is 31.2 Å². The largest absolute Gasteiger partial charge is 0.508 e. The molecule has 29 heavy (non-hydrogen) atoms. The van der Waals surface area contributed by atoms with Crippen molar-refractivity contribution >= 4 is 24.2 Å². The number of aromatic hydroxyl groups is 1. The number of aryl methyl sites for hydroxylation is 1. The number of carbonyl (C=O) groups excluding carboxylic acids is 2. The normalized spacial score (nSPS) is 12.3. The maximum absolute atomic E-state index is 12.2. The Kier molecular flexibility index (Phi) is 10.8. The maximum atomic E-state index is 12.2. The van der Waals surface area contributed by atoms with Crippen LogP contribution in [0.2, 0.25) is 0 Å². The molecule has 7 heteroatoms. The van der Waals surface area contributed by atoms with E-state index < -0.39 is 12.1 Å². The third kappa shape index (κ3) is 8.98. The van der Waals surface area contributed by atoms with Crippen molar-refractivity contribution in [1.82, 2.24) is 10.6 Å². The number of hydrogen-bond donors (Lipinski definition) is 4. The van der Waals surface area contributed by atoms with Gasteiger partial charge in [0.1, 0.15) is 11.8 Å². The number of unbranched alkanes of at least 4 members (excludes halogenated alkanes) is 1. The van der Waals surface area contributed by atoms with E-state index in [2.05, 4.69) is 22.8 Å². The van der Waals surface area contributed by atoms with Crippen molar-refractivity contribution in [3.8, 4) is 5.75 Å². The highest BCUT2D eigenvalue weighted by Crippen LogP contribution is 2.11. The van der Waals surface area contributed by atoms with E-state index in [1.165, 1.54) is 5.56 Å². The maximum Gasteiger partial charge on any atom is 0.242 e. The summed E-state index contributed by atoms with van der Waals surface area (Å²) in [6.07, 6.45) is 3.18. The first kappa shape index (κ1) is 24.5. The van der Waals surface area contributed by atoms with Crippen molar-refractivity contribution in [2.45, 2.75) is 44.7 Å². The predicted molar refractivity (Wildman–Crippen MR) is 117 cm³/mol. The van der Waals surface area contributed by atoms with Crippen LogP contribution >= 0.6 is 12.4 Å². The van der Waals surface area contributed by atoms with Crippen molar-refractivity contribution in [3.63, 3.8) is 0 Å². The molecule has 0 saturated carbocycles. The van der Waals surface area contributed by atoms with Gasteiger partial charge in [0.25, 0.3) is 0 Å². The Labute approximate surface area is 178 Å². The first-order chi connectivity index (χ1) is 13.5. The number of nitrogens with two attached hydrogens (primary N) is 1. The lowest BCUT2D eigenvalue weighted by molar-refractivity contribution is -0.129. The monoisotopic (exact) mass is 419 g/mol. The van der Waals surface area contributed by atoms with E-state index in [-0.39, 0.29) is 30.0 Å². The number of rotatable bonds is 10. The summed E-state index contributed by atoms with van der Waals surface area (Å²) < 4.78 is 0. The molecule has 0 heterocycles. The molecule has 6 nitrogen and oxygen atoms in total. The minimum atomic E-state index is -0.759. The molecule has 158 valence electrons. The van der Waals surface area contributed by atoms with Crippen LogP contribution in [-0.2, 0) is 22.4 Å². The smallest absolute Gasteiger partial charge is 0.242 e. The fourth-order valence-corrected chi connectivity index (χ4v) is 2.83. The standard InChI is InChI=1S/C22H29N3O3.ClH/c1-16(21(27)24-14-6-5-9-17-7-3-2-4-8-17)25-22(28)20(23)15-18-10-12-19(26)13-11-18;/h2-4,7-8,10-13,16,20,26H,5-6,9,14-15,23H2,1H3,(H,24,27)(H,25,28);1H/t16-,20+;/m1./s1. The Balaban J connectivity index is 0.00000420. The molecule has 2 aromatic rings. The molecule has 0 aliphatic rings. The van der Waals surface area contributed by atoms with Gasteiger partial charge >= 0.3 is 0 Å². The summed E-state index contributed by atoms with van der Waals surface area (Å²) in [6.45, 7) is 2.22. The van der Waals surface area contributed by atoms with Crippen LogP contribution in [0, 0.1) is 0 Å². The number of amides is 2. The third-order valence-electron chi connectivity index (χ3n) is 4.52. The average molecular weight is 420 g/mol. The Morgan fingerprint density at radius 2 is 1.62 bits per heavy atom. The van der Waals surface area contributed by atoms with E-state index in [9.17, 15) is 14.7 Å². The Bertz CT molecular complexity index is 754. The zero-order valence-corrected chi connectivity index (χ0v) is 17.5. The van der Waals surface area contributed by atoms with Crippen LogP contribution in [0.4, 0.5) is 0 Å². The molecule has 2 atom stereocenters. The second kappa shape index (κ2) is 12.8. The van der Waals surface area contributed by atoms with Crippen molar-refractivity contribution in [2.24, 2.45) is 5.73 Å². The Morgan fingerprint density at radius 1 is 0.966 bits per heavy atom. The van der Waals surface area contributed by atoms with E-state index in [0.29, 0.717) is 13.0 Å². The molecule has 0 aromatic heterocycles. The zero-order chi connectivity index (χ0) is 20.4. The number of halogens is 1. The summed E-state index contributed by atoms with van der Waals surface area (Å²) in [7, 11) is 0. The number of benzene rings is 2. The predicted octanol–water partition coefficient (Wildman–Crippen LogP) is 2.33. The van der Waals surface area contributed by atoms with Gasteiger partial charge < -0.3 is 21.5 Å². The van der Waals surface area contributed by atoms with Gasteiger partial charge in [-0.05, 0) is 55.9 Å². The van der Waals surface area contributed by atoms with Gasteiger partial charge in [-0.1, -0.05) is 42.5 Å². The van der Waals surface area contributed by atoms with E-state index in [1.807, 2.05) is 18.2 Å². The summed E-state index contributed by atoms with van der Waals surface area (Å²) in [4.78, 5) is 24.3. The van der Waals surface area contributed by atoms with Crippen molar-refractivity contribution in [2.75, 3.05) is 6.54 Å². The quantitative estimate of drug-likeness (QED) is 0.443. The molecule has 0 unspecified atom stereocenters. The highest BCUT2D eigenvalue weighted by Gasteiger charge is 2.20. The molecule has 0 aliphatic carbocycles. The summed E-state index contributed by atoms with van der Waals surface area (Å²) in [5.41, 5.74) is 8.06. The summed E-state index contributed by atoms with van der Waals surface area (Å²) in [5.74, 6) is -0.430. The van der Waals surface area contributed by atoms with Gasteiger partial charge in [0.2, 0.25) is 11.8 Å². The van der Waals surface area contributed by atoms with Crippen LogP contribution in [0.25, 0.3) is 0 Å². The van der Waals surface area contributed by atoms with Gasteiger partial charge in [-0.15, -0.1) is 12.4 Å². The molecule has 0 bridgehead atoms. The minimum absolute atomic E-state index is 0. The minimum Gasteiger partial charge on any atom is -0.508 e. The lowest BCUT2D eigenvalue weighted by Crippen LogP contribution is -2.50. The van der Waals surface area contributed by atoms with Crippen molar-refractivity contribution in [3.05, 3.63) is 65.7 Å². The van der Waals surface area contributed by atoms with Gasteiger partial charge in [0.05, 0.1) is 6.04 Å². The van der Waals surface area contributed by atoms with Crippen molar-refractivity contribution in [1.29, 1.82) is 0 Å². The van der Waals surface area contributed by atoms with Gasteiger partial charge in [0, 0.05) is 6.54 Å². The van der Waals surface area contributed by atoms with Crippen LogP contribution < -0.4 is 16.4 Å². The fraction of sp³-hybridized carbons (Fsp3) is 0.364. The highest BCUT2D eigenvalue weighted by molar-refractivity contribution is 5.89. The number of nitrogens with one attached hydrogen (secondary N) is 2. The molecule has 5 N–H and O–H groups in total. The van der Waals surface area contributed by atoms with Gasteiger partial charge in [-0.2, -0.15) is 0 Å². The van der Waals surface area contributed by atoms with Gasteiger partial charge in [-0.3, -0.25) is 9.59 Å². The molecule has 0 radical (unpaired) electrons. The van der Waals surface area contributed by atoms with Crippen LogP contribution in [-0.4, -0.2) is 35.5 Å². The molecule has 2 amide bonds. The van der Waals surface area contributed by atoms with Crippen LogP contribution in [0.5, 0.6) is 5.75 Å². The van der Waals surface area contributed by atoms with Crippen molar-refractivity contribution < 1.29 is 14.7 Å². The number of hydrogen-bond acceptors (Lipinski definition) is 4. The van der Waals surface area contributed by atoms with Crippen LogP contribution in [0.3, 0.4) is 0 Å². The Morgan fingerprint density at radius 3 is 2.28 bits per heavy atom. The third-order valence-corrected chi connectivity index (χ3v) is 4.52. The second-order valence-corrected chi connectivity index (χ2v) is 6.94. The highest BCUT2D eigenvalue weighted by atomic mass is 35.5. The number of phenolic OH excluding ortho intramolecular Hbond substituents is 1. The molecule has 0 aliphatic heterocycles. The molecule has 2 rings (SSSR count). The van der Waals surface area contributed by atoms with Gasteiger partial charge in [0.15, 0.2) is 0 Å².